The van der Waals surface area contributed by atoms with Gasteiger partial charge in [-0.05, 0) is 53.6 Å². The molecule has 10 heteroatoms. The quantitative estimate of drug-likeness (QED) is 0.615. The minimum Gasteiger partial charge on any atom is -0.378 e. The van der Waals surface area contributed by atoms with E-state index in [1.807, 2.05) is 32.0 Å². The molecule has 3 N–H and O–H groups in total. The highest BCUT2D eigenvalue weighted by Crippen LogP contribution is 2.23. The Balaban J connectivity index is 1.66. The summed E-state index contributed by atoms with van der Waals surface area (Å²) >= 11 is 0. The number of hydrogen-bond acceptors (Lipinski definition) is 6. The van der Waals surface area contributed by atoms with Crippen LogP contribution in [0.3, 0.4) is 0 Å². The fourth-order valence-corrected chi connectivity index (χ4v) is 2.45. The number of carbonyl (C=O) groups excluding carboxylic acids is 1. The average molecular weight is 356 g/mol. The van der Waals surface area contributed by atoms with Crippen LogP contribution in [0.1, 0.15) is 22.5 Å². The molecular weight excluding hydrogens is 336 g/mol. The van der Waals surface area contributed by atoms with E-state index in [9.17, 15) is 4.79 Å². The molecule has 0 spiro atoms. The van der Waals surface area contributed by atoms with E-state index in [2.05, 4.69) is 36.4 Å². The molecule has 0 aliphatic carbocycles. The lowest BCUT2D eigenvalue weighted by atomic mass is 10.1. The number of aromatic nitrogens is 6. The number of anilines is 1. The number of aromatic amines is 1. The molecule has 136 valence electrons. The van der Waals surface area contributed by atoms with Gasteiger partial charge < -0.3 is 15.4 Å². The molecule has 0 aliphatic rings. The molecule has 0 aliphatic heterocycles. The number of urea groups is 1. The molecule has 0 fully saturated rings. The predicted octanol–water partition coefficient (Wildman–Crippen LogP) is 1.47. The normalized spacial score (nSPS) is 10.7. The molecule has 0 radical (unpaired) electrons. The zero-order valence-corrected chi connectivity index (χ0v) is 14.8. The lowest BCUT2D eigenvalue weighted by Gasteiger charge is -2.13. The summed E-state index contributed by atoms with van der Waals surface area (Å²) < 4.78 is 6.55. The highest BCUT2D eigenvalue weighted by atomic mass is 16.5. The van der Waals surface area contributed by atoms with Gasteiger partial charge >= 0.3 is 6.03 Å². The Morgan fingerprint density at radius 1 is 1.31 bits per heavy atom. The zero-order chi connectivity index (χ0) is 18.5. The third-order valence-electron chi connectivity index (χ3n) is 3.93. The first kappa shape index (κ1) is 17.5. The summed E-state index contributed by atoms with van der Waals surface area (Å²) in [5, 5.41) is 23.8. The van der Waals surface area contributed by atoms with Gasteiger partial charge in [0.15, 0.2) is 0 Å². The molecule has 0 bridgehead atoms. The summed E-state index contributed by atoms with van der Waals surface area (Å²) in [5.74, 6) is 0. The Hall–Kier alpha value is -3.27. The lowest BCUT2D eigenvalue weighted by molar-refractivity contribution is 0.181. The first-order valence-electron chi connectivity index (χ1n) is 7.98. The number of ether oxygens (including phenoxy) is 1. The largest absolute Gasteiger partial charge is 0.378 e. The number of tetrazole rings is 1. The van der Waals surface area contributed by atoms with Crippen LogP contribution in [0.15, 0.2) is 24.5 Å². The van der Waals surface area contributed by atoms with Crippen LogP contribution in [-0.4, -0.2) is 43.5 Å². The van der Waals surface area contributed by atoms with Gasteiger partial charge in [0, 0.05) is 12.8 Å². The van der Waals surface area contributed by atoms with Crippen molar-refractivity contribution in [2.45, 2.75) is 27.0 Å². The summed E-state index contributed by atoms with van der Waals surface area (Å²) in [6.45, 7) is 4.66. The molecule has 2 amide bonds. The maximum absolute atomic E-state index is 12.3. The van der Waals surface area contributed by atoms with Crippen LogP contribution in [0.4, 0.5) is 10.5 Å². The van der Waals surface area contributed by atoms with Gasteiger partial charge in [-0.15, -0.1) is 5.10 Å². The average Bonchev–Trinajstić information content (AvgIpc) is 3.29. The number of hydrogen-bond donors (Lipinski definition) is 3. The van der Waals surface area contributed by atoms with Crippen LogP contribution in [-0.2, 0) is 17.9 Å². The molecule has 2 aromatic heterocycles. The topological polar surface area (TPSA) is 123 Å². The van der Waals surface area contributed by atoms with Gasteiger partial charge in [0.25, 0.3) is 0 Å². The van der Waals surface area contributed by atoms with Crippen molar-refractivity contribution in [2.24, 2.45) is 0 Å². The molecule has 1 aromatic carbocycles. The van der Waals surface area contributed by atoms with Crippen molar-refractivity contribution in [3.05, 3.63) is 47.0 Å². The Morgan fingerprint density at radius 3 is 2.88 bits per heavy atom. The maximum atomic E-state index is 12.3. The van der Waals surface area contributed by atoms with E-state index in [1.54, 1.807) is 7.11 Å². The van der Waals surface area contributed by atoms with Gasteiger partial charge in [-0.2, -0.15) is 5.10 Å². The molecule has 0 atom stereocenters. The van der Waals surface area contributed by atoms with Crippen molar-refractivity contribution in [3.63, 3.8) is 0 Å². The van der Waals surface area contributed by atoms with E-state index in [-0.39, 0.29) is 6.03 Å². The molecule has 0 saturated carbocycles. The number of methoxy groups -OCH3 is 1. The van der Waals surface area contributed by atoms with Crippen molar-refractivity contribution < 1.29 is 9.53 Å². The second-order valence-corrected chi connectivity index (χ2v) is 5.81. The number of benzene rings is 1. The van der Waals surface area contributed by atoms with Crippen LogP contribution >= 0.6 is 0 Å². The highest BCUT2D eigenvalue weighted by molar-refractivity contribution is 5.90. The van der Waals surface area contributed by atoms with Crippen molar-refractivity contribution in [1.82, 2.24) is 35.7 Å². The van der Waals surface area contributed by atoms with Crippen LogP contribution in [0.25, 0.3) is 5.69 Å². The van der Waals surface area contributed by atoms with Gasteiger partial charge in [0.05, 0.1) is 30.2 Å². The number of nitrogens with zero attached hydrogens (tertiary/aromatic N) is 5. The van der Waals surface area contributed by atoms with Crippen molar-refractivity contribution in [1.29, 1.82) is 0 Å². The van der Waals surface area contributed by atoms with Gasteiger partial charge in [-0.1, -0.05) is 0 Å². The molecule has 10 nitrogen and oxygen atoms in total. The number of rotatable bonds is 6. The van der Waals surface area contributed by atoms with E-state index in [0.717, 1.165) is 28.2 Å². The second kappa shape index (κ2) is 7.74. The van der Waals surface area contributed by atoms with Crippen LogP contribution in [0, 0.1) is 13.8 Å². The second-order valence-electron chi connectivity index (χ2n) is 5.81. The van der Waals surface area contributed by atoms with E-state index < -0.39 is 0 Å². The molecule has 3 rings (SSSR count). The molecule has 0 unspecified atom stereocenters. The zero-order valence-electron chi connectivity index (χ0n) is 14.8. The number of H-pyrrole nitrogens is 1. The van der Waals surface area contributed by atoms with E-state index in [1.165, 1.54) is 11.0 Å². The predicted molar refractivity (Wildman–Crippen MR) is 93.8 cm³/mol. The third-order valence-corrected chi connectivity index (χ3v) is 3.93. The Morgan fingerprint density at radius 2 is 2.15 bits per heavy atom. The van der Waals surface area contributed by atoms with Crippen LogP contribution in [0.2, 0.25) is 0 Å². The number of nitrogens with one attached hydrogen (secondary N) is 3. The maximum Gasteiger partial charge on any atom is 0.319 e. The fraction of sp³-hybridized carbons (Fsp3) is 0.312. The molecular formula is C16H20N8O2. The Kier molecular flexibility index (Phi) is 5.23. The monoisotopic (exact) mass is 356 g/mol. The van der Waals surface area contributed by atoms with Crippen molar-refractivity contribution >= 4 is 11.7 Å². The number of amides is 2. The molecule has 0 saturated heterocycles. The number of carbonyl (C=O) groups is 1. The van der Waals surface area contributed by atoms with Gasteiger partial charge in [-0.3, -0.25) is 5.10 Å². The first-order chi connectivity index (χ1) is 12.6. The summed E-state index contributed by atoms with van der Waals surface area (Å²) in [7, 11) is 1.61. The Bertz CT molecular complexity index is 888. The van der Waals surface area contributed by atoms with E-state index in [0.29, 0.717) is 18.8 Å². The summed E-state index contributed by atoms with van der Waals surface area (Å²) in [4.78, 5) is 12.3. The number of aryl methyl sites for hydroxylation is 1. The molecule has 26 heavy (non-hydrogen) atoms. The van der Waals surface area contributed by atoms with Crippen LogP contribution in [0.5, 0.6) is 0 Å². The smallest absolute Gasteiger partial charge is 0.319 e. The Labute approximate surface area is 149 Å². The summed E-state index contributed by atoms with van der Waals surface area (Å²) in [6.07, 6.45) is 1.50. The highest BCUT2D eigenvalue weighted by Gasteiger charge is 2.10. The summed E-state index contributed by atoms with van der Waals surface area (Å²) in [6, 6.07) is 5.31. The third kappa shape index (κ3) is 4.03. The van der Waals surface area contributed by atoms with Crippen LogP contribution < -0.4 is 10.6 Å². The minimum atomic E-state index is -0.316. The van der Waals surface area contributed by atoms with Gasteiger partial charge in [0.2, 0.25) is 0 Å². The van der Waals surface area contributed by atoms with Gasteiger partial charge in [-0.25, -0.2) is 9.48 Å². The first-order valence-corrected chi connectivity index (χ1v) is 7.98. The molecule has 3 aromatic rings. The fourth-order valence-electron chi connectivity index (χ4n) is 2.45. The van der Waals surface area contributed by atoms with Gasteiger partial charge in [0.1, 0.15) is 6.33 Å². The SMILES string of the molecule is COCc1cc(CNC(=O)Nc2cc(-n3cnnn3)cc(C)c2C)[nH]n1. The molecule has 2 heterocycles. The van der Waals surface area contributed by atoms with E-state index >= 15 is 0 Å². The van der Waals surface area contributed by atoms with E-state index in [4.69, 9.17) is 4.74 Å². The van der Waals surface area contributed by atoms with Crippen molar-refractivity contribution in [2.75, 3.05) is 12.4 Å². The minimum absolute atomic E-state index is 0.316. The standard InChI is InChI=1S/C16H20N8O2/c1-10-4-14(24-9-18-22-23-24)6-15(11(10)2)19-16(25)17-7-12-5-13(8-26-3)21-20-12/h4-6,9H,7-8H2,1-3H3,(H,20,21)(H2,17,19,25). The lowest BCUT2D eigenvalue weighted by Crippen LogP contribution is -2.28. The summed E-state index contributed by atoms with van der Waals surface area (Å²) in [5.41, 5.74) is 5.03. The van der Waals surface area contributed by atoms with Crippen molar-refractivity contribution in [3.8, 4) is 5.69 Å².